The summed E-state index contributed by atoms with van der Waals surface area (Å²) in [6.07, 6.45) is 1.09. The molecule has 2 rings (SSSR count). The van der Waals surface area contributed by atoms with E-state index in [-0.39, 0.29) is 18.2 Å². The van der Waals surface area contributed by atoms with E-state index in [4.69, 9.17) is 5.11 Å². The number of nitrogens with one attached hydrogen (secondary N) is 1. The number of rotatable bonds is 7. The minimum Gasteiger partial charge on any atom is -0.481 e. The lowest BCUT2D eigenvalue weighted by Crippen LogP contribution is -2.55. The first-order valence-electron chi connectivity index (χ1n) is 8.79. The van der Waals surface area contributed by atoms with Gasteiger partial charge in [-0.25, -0.2) is 4.79 Å². The third-order valence-corrected chi connectivity index (χ3v) is 4.43. The summed E-state index contributed by atoms with van der Waals surface area (Å²) in [6.45, 7) is -0.993. The van der Waals surface area contributed by atoms with Crippen LogP contribution in [0.2, 0.25) is 0 Å². The summed E-state index contributed by atoms with van der Waals surface area (Å²) < 4.78 is 28.8. The van der Waals surface area contributed by atoms with Gasteiger partial charge >= 0.3 is 18.6 Å². The van der Waals surface area contributed by atoms with Gasteiger partial charge in [-0.1, -0.05) is 6.92 Å². The molecule has 1 saturated heterocycles. The van der Waals surface area contributed by atoms with Crippen molar-refractivity contribution in [1.82, 2.24) is 10.2 Å². The van der Waals surface area contributed by atoms with Crippen molar-refractivity contribution in [2.75, 3.05) is 25.0 Å². The highest BCUT2D eigenvalue weighted by atomic mass is 19.3. The first-order chi connectivity index (χ1) is 13.2. The summed E-state index contributed by atoms with van der Waals surface area (Å²) in [4.78, 5) is 38.6. The Morgan fingerprint density at radius 3 is 2.57 bits per heavy atom. The topological polar surface area (TPSA) is 99.2 Å². The number of benzene rings is 1. The van der Waals surface area contributed by atoms with Crippen LogP contribution in [0.5, 0.6) is 5.75 Å². The molecule has 0 aliphatic carbocycles. The molecule has 0 aromatic heterocycles. The second kappa shape index (κ2) is 9.34. The van der Waals surface area contributed by atoms with E-state index in [0.717, 1.165) is 0 Å². The average molecular weight is 399 g/mol. The molecule has 0 spiro atoms. The number of urea groups is 1. The van der Waals surface area contributed by atoms with E-state index in [0.29, 0.717) is 25.1 Å². The van der Waals surface area contributed by atoms with Crippen molar-refractivity contribution in [3.63, 3.8) is 0 Å². The van der Waals surface area contributed by atoms with Crippen molar-refractivity contribution in [1.29, 1.82) is 0 Å². The van der Waals surface area contributed by atoms with E-state index in [2.05, 4.69) is 10.1 Å². The number of amides is 3. The second-order valence-corrected chi connectivity index (χ2v) is 6.63. The van der Waals surface area contributed by atoms with Crippen molar-refractivity contribution < 1.29 is 33.0 Å². The van der Waals surface area contributed by atoms with Gasteiger partial charge in [0.05, 0.1) is 5.92 Å². The summed E-state index contributed by atoms with van der Waals surface area (Å²) in [5.74, 6) is -2.08. The van der Waals surface area contributed by atoms with E-state index in [1.807, 2.05) is 0 Å². The van der Waals surface area contributed by atoms with Gasteiger partial charge in [-0.3, -0.25) is 9.59 Å². The molecule has 1 heterocycles. The lowest BCUT2D eigenvalue weighted by atomic mass is 10.0. The molecule has 154 valence electrons. The zero-order valence-corrected chi connectivity index (χ0v) is 15.6. The second-order valence-electron chi connectivity index (χ2n) is 6.63. The molecule has 28 heavy (non-hydrogen) atoms. The Labute approximate surface area is 161 Å². The number of halogens is 2. The number of nitrogens with zero attached hydrogens (tertiary/aromatic N) is 2. The van der Waals surface area contributed by atoms with E-state index >= 15 is 0 Å². The zero-order chi connectivity index (χ0) is 20.8. The molecular formula is C18H23F2N3O5. The highest BCUT2D eigenvalue weighted by molar-refractivity contribution is 5.99. The minimum atomic E-state index is -2.93. The molecule has 2 N–H and O–H groups in total. The fraction of sp³-hybridized carbons (Fsp3) is 0.500. The molecule has 2 atom stereocenters. The van der Waals surface area contributed by atoms with Gasteiger partial charge in [0.1, 0.15) is 11.8 Å². The van der Waals surface area contributed by atoms with E-state index in [9.17, 15) is 23.2 Å². The highest BCUT2D eigenvalue weighted by Gasteiger charge is 2.32. The van der Waals surface area contributed by atoms with Gasteiger partial charge in [0.25, 0.3) is 0 Å². The van der Waals surface area contributed by atoms with Crippen LogP contribution in [0.3, 0.4) is 0 Å². The van der Waals surface area contributed by atoms with E-state index in [1.54, 1.807) is 0 Å². The highest BCUT2D eigenvalue weighted by Crippen LogP contribution is 2.24. The standard InChI is InChI=1S/C18H23F2N3O5/c1-11(16(25)26)10-22(2)18(27)21-14-4-3-9-23(15(14)24)12-5-7-13(8-6-12)28-17(19)20/h5-8,11,14,17H,3-4,9-10H2,1-2H3,(H,21,27)(H,25,26). The molecule has 0 saturated carbocycles. The Morgan fingerprint density at radius 1 is 1.36 bits per heavy atom. The number of alkyl halides is 2. The van der Waals surface area contributed by atoms with Gasteiger partial charge in [-0.2, -0.15) is 8.78 Å². The maximum Gasteiger partial charge on any atom is 0.387 e. The number of carboxylic acids is 1. The number of carbonyl (C=O) groups is 3. The Hall–Kier alpha value is -2.91. The number of carbonyl (C=O) groups excluding carboxylic acids is 2. The van der Waals surface area contributed by atoms with Gasteiger partial charge in [0.15, 0.2) is 0 Å². The Kier molecular flexibility index (Phi) is 7.13. The number of hydrogen-bond acceptors (Lipinski definition) is 4. The normalized spacial score (nSPS) is 18.0. The third-order valence-electron chi connectivity index (χ3n) is 4.43. The molecular weight excluding hydrogens is 376 g/mol. The van der Waals surface area contributed by atoms with Crippen molar-refractivity contribution in [3.8, 4) is 5.75 Å². The van der Waals surface area contributed by atoms with Gasteiger partial charge in [0, 0.05) is 25.8 Å². The number of ether oxygens (including phenoxy) is 1. The summed E-state index contributed by atoms with van der Waals surface area (Å²) in [5.41, 5.74) is 0.512. The summed E-state index contributed by atoms with van der Waals surface area (Å²) in [5, 5.41) is 11.6. The number of carboxylic acid groups (broad SMARTS) is 1. The van der Waals surface area contributed by atoms with Gasteiger partial charge in [-0.05, 0) is 37.1 Å². The molecule has 3 amide bonds. The Bertz CT molecular complexity index is 714. The van der Waals surface area contributed by atoms with Crippen LogP contribution in [0.25, 0.3) is 0 Å². The number of aliphatic carboxylic acids is 1. The molecule has 1 fully saturated rings. The lowest BCUT2D eigenvalue weighted by molar-refractivity contribution is -0.141. The minimum absolute atomic E-state index is 0.0113. The van der Waals surface area contributed by atoms with Crippen LogP contribution in [0.4, 0.5) is 19.3 Å². The van der Waals surface area contributed by atoms with Crippen LogP contribution < -0.4 is 15.0 Å². The van der Waals surface area contributed by atoms with Gasteiger partial charge in [0.2, 0.25) is 5.91 Å². The first kappa shape index (κ1) is 21.4. The van der Waals surface area contributed by atoms with Crippen LogP contribution in [-0.4, -0.2) is 60.7 Å². The van der Waals surface area contributed by atoms with Crippen LogP contribution in [-0.2, 0) is 9.59 Å². The van der Waals surface area contributed by atoms with Crippen LogP contribution in [0.15, 0.2) is 24.3 Å². The maximum atomic E-state index is 12.7. The zero-order valence-electron chi connectivity index (χ0n) is 15.6. The number of piperidine rings is 1. The van der Waals surface area contributed by atoms with Gasteiger partial charge in [-0.15, -0.1) is 0 Å². The monoisotopic (exact) mass is 399 g/mol. The van der Waals surface area contributed by atoms with Crippen LogP contribution >= 0.6 is 0 Å². The fourth-order valence-corrected chi connectivity index (χ4v) is 2.90. The van der Waals surface area contributed by atoms with E-state index < -0.39 is 30.6 Å². The van der Waals surface area contributed by atoms with Gasteiger partial charge < -0.3 is 25.0 Å². The molecule has 1 aromatic carbocycles. The maximum absolute atomic E-state index is 12.7. The average Bonchev–Trinajstić information content (AvgIpc) is 2.63. The largest absolute Gasteiger partial charge is 0.481 e. The molecule has 10 heteroatoms. The molecule has 8 nitrogen and oxygen atoms in total. The molecule has 1 aliphatic heterocycles. The lowest BCUT2D eigenvalue weighted by Gasteiger charge is -2.33. The predicted octanol–water partition coefficient (Wildman–Crippen LogP) is 2.15. The predicted molar refractivity (Wildman–Crippen MR) is 96.4 cm³/mol. The molecule has 1 aliphatic rings. The smallest absolute Gasteiger partial charge is 0.387 e. The summed E-state index contributed by atoms with van der Waals surface area (Å²) in [6, 6.07) is 4.41. The summed E-state index contributed by atoms with van der Waals surface area (Å²) >= 11 is 0. The van der Waals surface area contributed by atoms with Crippen molar-refractivity contribution >= 4 is 23.6 Å². The Balaban J connectivity index is 1.99. The molecule has 1 aromatic rings. The summed E-state index contributed by atoms with van der Waals surface area (Å²) in [7, 11) is 1.46. The van der Waals surface area contributed by atoms with Crippen LogP contribution in [0, 0.1) is 5.92 Å². The molecule has 0 bridgehead atoms. The molecule has 2 unspecified atom stereocenters. The third kappa shape index (κ3) is 5.54. The van der Waals surface area contributed by atoms with Crippen molar-refractivity contribution in [3.05, 3.63) is 24.3 Å². The van der Waals surface area contributed by atoms with Crippen molar-refractivity contribution in [2.45, 2.75) is 32.4 Å². The van der Waals surface area contributed by atoms with Crippen LogP contribution in [0.1, 0.15) is 19.8 Å². The Morgan fingerprint density at radius 2 is 2.00 bits per heavy atom. The van der Waals surface area contributed by atoms with Crippen molar-refractivity contribution in [2.24, 2.45) is 5.92 Å². The fourth-order valence-electron chi connectivity index (χ4n) is 2.90. The molecule has 0 radical (unpaired) electrons. The number of anilines is 1. The first-order valence-corrected chi connectivity index (χ1v) is 8.79. The van der Waals surface area contributed by atoms with E-state index in [1.165, 1.54) is 48.0 Å². The quantitative estimate of drug-likeness (QED) is 0.732. The number of hydrogen-bond donors (Lipinski definition) is 2. The SMILES string of the molecule is CC(CN(C)C(=O)NC1CCCN(c2ccc(OC(F)F)cc2)C1=O)C(=O)O.